The van der Waals surface area contributed by atoms with Crippen molar-refractivity contribution in [1.29, 1.82) is 0 Å². The Morgan fingerprint density at radius 2 is 2.00 bits per heavy atom. The summed E-state index contributed by atoms with van der Waals surface area (Å²) in [5, 5.41) is 7.19. The zero-order valence-corrected chi connectivity index (χ0v) is 16.2. The number of rotatable bonds is 3. The summed E-state index contributed by atoms with van der Waals surface area (Å²) in [6.45, 7) is 0.729. The Hall–Kier alpha value is -2.35. The molecule has 26 heavy (non-hydrogen) atoms. The maximum absolute atomic E-state index is 12.8. The van der Waals surface area contributed by atoms with Crippen molar-refractivity contribution in [2.45, 2.75) is 25.3 Å². The highest BCUT2D eigenvalue weighted by Gasteiger charge is 2.28. The SMILES string of the molecule is Cn1cc(C2CCCCN2C(=O)Nc2ccc(N=S(C)(C)=O)cc2)cn1. The summed E-state index contributed by atoms with van der Waals surface area (Å²) in [4.78, 5) is 14.7. The van der Waals surface area contributed by atoms with Gasteiger partial charge in [-0.3, -0.25) is 4.68 Å². The molecule has 0 spiro atoms. The van der Waals surface area contributed by atoms with Gasteiger partial charge in [0.05, 0.1) is 17.9 Å². The molecule has 140 valence electrons. The van der Waals surface area contributed by atoms with Gasteiger partial charge in [0.15, 0.2) is 0 Å². The molecular formula is C18H25N5O2S. The van der Waals surface area contributed by atoms with Crippen LogP contribution in [-0.4, -0.2) is 44.0 Å². The Morgan fingerprint density at radius 3 is 2.62 bits per heavy atom. The van der Waals surface area contributed by atoms with Crippen LogP contribution in [0.5, 0.6) is 0 Å². The third-order valence-electron chi connectivity index (χ3n) is 4.32. The van der Waals surface area contributed by atoms with Gasteiger partial charge < -0.3 is 10.2 Å². The molecule has 2 heterocycles. The predicted molar refractivity (Wildman–Crippen MR) is 104 cm³/mol. The molecule has 1 unspecified atom stereocenters. The van der Waals surface area contributed by atoms with Gasteiger partial charge in [0.25, 0.3) is 0 Å². The molecule has 3 rings (SSSR count). The van der Waals surface area contributed by atoms with E-state index in [9.17, 15) is 9.00 Å². The van der Waals surface area contributed by atoms with Crippen molar-refractivity contribution in [3.63, 3.8) is 0 Å². The van der Waals surface area contributed by atoms with Crippen molar-refractivity contribution in [1.82, 2.24) is 14.7 Å². The first-order valence-corrected chi connectivity index (χ1v) is 11.0. The molecule has 0 saturated carbocycles. The average Bonchev–Trinajstić information content (AvgIpc) is 3.02. The molecule has 2 amide bonds. The van der Waals surface area contributed by atoms with Crippen LogP contribution in [0.2, 0.25) is 0 Å². The van der Waals surface area contributed by atoms with Gasteiger partial charge >= 0.3 is 6.03 Å². The highest BCUT2D eigenvalue weighted by atomic mass is 32.2. The second kappa shape index (κ2) is 7.49. The Kier molecular flexibility index (Phi) is 5.31. The van der Waals surface area contributed by atoms with Crippen molar-refractivity contribution >= 4 is 27.1 Å². The minimum absolute atomic E-state index is 0.0524. The Balaban J connectivity index is 1.72. The zero-order chi connectivity index (χ0) is 18.7. The maximum atomic E-state index is 12.8. The summed E-state index contributed by atoms with van der Waals surface area (Å²) >= 11 is 0. The van der Waals surface area contributed by atoms with Gasteiger partial charge in [-0.05, 0) is 43.5 Å². The van der Waals surface area contributed by atoms with E-state index < -0.39 is 9.73 Å². The largest absolute Gasteiger partial charge is 0.322 e. The number of likely N-dealkylation sites (tertiary alicyclic amines) is 1. The number of benzene rings is 1. The minimum Gasteiger partial charge on any atom is -0.317 e. The number of aryl methyl sites for hydroxylation is 1. The van der Waals surface area contributed by atoms with Crippen LogP contribution in [0.4, 0.5) is 16.2 Å². The van der Waals surface area contributed by atoms with Crippen molar-refractivity contribution in [3.8, 4) is 0 Å². The summed E-state index contributed by atoms with van der Waals surface area (Å²) in [6, 6.07) is 7.03. The lowest BCUT2D eigenvalue weighted by Gasteiger charge is -2.35. The van der Waals surface area contributed by atoms with Crippen LogP contribution in [0.15, 0.2) is 41.0 Å². The van der Waals surface area contributed by atoms with Crippen molar-refractivity contribution < 1.29 is 9.00 Å². The summed E-state index contributed by atoms with van der Waals surface area (Å²) in [5.41, 5.74) is 2.41. The molecule has 8 heteroatoms. The molecule has 1 N–H and O–H groups in total. The fourth-order valence-electron chi connectivity index (χ4n) is 3.19. The van der Waals surface area contributed by atoms with E-state index in [1.54, 1.807) is 41.5 Å². The number of piperidine rings is 1. The Morgan fingerprint density at radius 1 is 1.27 bits per heavy atom. The van der Waals surface area contributed by atoms with Crippen LogP contribution in [0.3, 0.4) is 0 Å². The van der Waals surface area contributed by atoms with Crippen LogP contribution < -0.4 is 5.32 Å². The summed E-state index contributed by atoms with van der Waals surface area (Å²) < 4.78 is 17.7. The first-order chi connectivity index (χ1) is 12.3. The van der Waals surface area contributed by atoms with Crippen LogP contribution in [0.1, 0.15) is 30.9 Å². The molecule has 2 aromatic rings. The van der Waals surface area contributed by atoms with Gasteiger partial charge in [-0.2, -0.15) is 9.46 Å². The number of aromatic nitrogens is 2. The highest BCUT2D eigenvalue weighted by Crippen LogP contribution is 2.31. The molecule has 1 aromatic heterocycles. The molecule has 1 atom stereocenters. The lowest BCUT2D eigenvalue weighted by molar-refractivity contribution is 0.163. The average molecular weight is 375 g/mol. The molecule has 7 nitrogen and oxygen atoms in total. The monoisotopic (exact) mass is 375 g/mol. The number of nitrogens with zero attached hydrogens (tertiary/aromatic N) is 4. The molecular weight excluding hydrogens is 350 g/mol. The quantitative estimate of drug-likeness (QED) is 0.891. The molecule has 0 radical (unpaired) electrons. The van der Waals surface area contributed by atoms with Gasteiger partial charge in [-0.25, -0.2) is 9.00 Å². The van der Waals surface area contributed by atoms with Crippen molar-refractivity contribution in [2.75, 3.05) is 24.4 Å². The number of urea groups is 1. The Bertz CT molecular complexity index is 889. The van der Waals surface area contributed by atoms with E-state index in [1.165, 1.54) is 0 Å². The maximum Gasteiger partial charge on any atom is 0.322 e. The smallest absolute Gasteiger partial charge is 0.317 e. The molecule has 1 aliphatic heterocycles. The van der Waals surface area contributed by atoms with Crippen LogP contribution in [0.25, 0.3) is 0 Å². The van der Waals surface area contributed by atoms with Gasteiger partial charge in [0.1, 0.15) is 0 Å². The second-order valence-corrected chi connectivity index (χ2v) is 9.45. The number of carbonyl (C=O) groups excluding carboxylic acids is 1. The van der Waals surface area contributed by atoms with E-state index in [1.807, 2.05) is 24.3 Å². The predicted octanol–water partition coefficient (Wildman–Crippen LogP) is 3.54. The number of hydrogen-bond acceptors (Lipinski definition) is 4. The lowest BCUT2D eigenvalue weighted by atomic mass is 9.98. The standard InChI is InChI=1S/C18H25N5O2S/c1-22-13-14(12-19-22)17-6-4-5-11-23(17)18(24)20-15-7-9-16(10-8-15)21-26(2,3)25/h7-10,12-13,17H,4-6,11H2,1-3H3,(H,20,24). The van der Waals surface area contributed by atoms with E-state index in [-0.39, 0.29) is 12.1 Å². The number of amides is 2. The molecule has 1 fully saturated rings. The fraction of sp³-hybridized carbons (Fsp3) is 0.444. The van der Waals surface area contributed by atoms with Gasteiger partial charge in [0, 0.05) is 53.3 Å². The van der Waals surface area contributed by atoms with E-state index >= 15 is 0 Å². The van der Waals surface area contributed by atoms with Crippen LogP contribution in [0, 0.1) is 0 Å². The first kappa shape index (κ1) is 18.4. The van der Waals surface area contributed by atoms with Gasteiger partial charge in [-0.1, -0.05) is 0 Å². The second-order valence-electron chi connectivity index (χ2n) is 6.90. The van der Waals surface area contributed by atoms with E-state index in [2.05, 4.69) is 14.8 Å². The summed E-state index contributed by atoms with van der Waals surface area (Å²) in [6.07, 6.45) is 10.0. The summed E-state index contributed by atoms with van der Waals surface area (Å²) in [5.74, 6) is 0. The van der Waals surface area contributed by atoms with Crippen molar-refractivity contribution in [3.05, 3.63) is 42.2 Å². The minimum atomic E-state index is -2.19. The van der Waals surface area contributed by atoms with E-state index in [0.29, 0.717) is 11.4 Å². The molecule has 1 aliphatic rings. The van der Waals surface area contributed by atoms with Gasteiger partial charge in [-0.15, -0.1) is 0 Å². The van der Waals surface area contributed by atoms with Crippen LogP contribution in [-0.2, 0) is 16.8 Å². The number of anilines is 1. The van der Waals surface area contributed by atoms with Gasteiger partial charge in [0.2, 0.25) is 0 Å². The number of carbonyl (C=O) groups is 1. The molecule has 0 aliphatic carbocycles. The summed E-state index contributed by atoms with van der Waals surface area (Å²) in [7, 11) is -0.311. The number of hydrogen-bond donors (Lipinski definition) is 1. The van der Waals surface area contributed by atoms with Crippen LogP contribution >= 0.6 is 0 Å². The zero-order valence-electron chi connectivity index (χ0n) is 15.4. The number of nitrogens with one attached hydrogen (secondary N) is 1. The third kappa shape index (κ3) is 4.63. The molecule has 1 saturated heterocycles. The van der Waals surface area contributed by atoms with E-state index in [4.69, 9.17) is 0 Å². The first-order valence-electron chi connectivity index (χ1n) is 8.65. The van der Waals surface area contributed by atoms with E-state index in [0.717, 1.165) is 31.4 Å². The normalized spacial score (nSPS) is 17.8. The highest BCUT2D eigenvalue weighted by molar-refractivity contribution is 7.92. The fourth-order valence-corrected chi connectivity index (χ4v) is 3.82. The lowest BCUT2D eigenvalue weighted by Crippen LogP contribution is -2.41. The third-order valence-corrected chi connectivity index (χ3v) is 4.97. The Labute approximate surface area is 154 Å². The molecule has 0 bridgehead atoms. The molecule has 1 aromatic carbocycles. The topological polar surface area (TPSA) is 79.6 Å². The van der Waals surface area contributed by atoms with Crippen molar-refractivity contribution in [2.24, 2.45) is 11.4 Å².